The predicted octanol–water partition coefficient (Wildman–Crippen LogP) is 3.15. The topological polar surface area (TPSA) is 0 Å². The molecule has 0 unspecified atom stereocenters. The molecule has 13 heavy (non-hydrogen) atoms. The summed E-state index contributed by atoms with van der Waals surface area (Å²) in [5.41, 5.74) is 0.269. The Morgan fingerprint density at radius 3 is 2.85 bits per heavy atom. The van der Waals surface area contributed by atoms with E-state index in [0.717, 1.165) is 0 Å². The van der Waals surface area contributed by atoms with Crippen LogP contribution in [0.25, 0.3) is 0 Å². The fraction of sp³-hybridized carbons (Fsp3) is 0.200. The van der Waals surface area contributed by atoms with Crippen LogP contribution in [0.5, 0.6) is 0 Å². The first-order valence-electron chi connectivity index (χ1n) is 3.79. The van der Waals surface area contributed by atoms with Crippen molar-refractivity contribution in [2.45, 2.75) is 6.42 Å². The Labute approximate surface area is 87.5 Å². The van der Waals surface area contributed by atoms with E-state index in [9.17, 15) is 4.39 Å². The summed E-state index contributed by atoms with van der Waals surface area (Å²) in [5, 5.41) is 0.353. The number of benzene rings is 1. The van der Waals surface area contributed by atoms with Crippen LogP contribution in [-0.4, -0.2) is 5.75 Å². The zero-order valence-electron chi connectivity index (χ0n) is 6.85. The molecular formula is C10H8ClFS. The molecule has 0 spiro atoms. The Morgan fingerprint density at radius 1 is 1.46 bits per heavy atom. The smallest absolute Gasteiger partial charge is 0.140 e. The van der Waals surface area contributed by atoms with E-state index in [4.69, 9.17) is 11.6 Å². The van der Waals surface area contributed by atoms with Gasteiger partial charge in [-0.25, -0.2) is 4.39 Å². The molecule has 0 fully saturated rings. The summed E-state index contributed by atoms with van der Waals surface area (Å²) in [6.45, 7) is 0. The molecule has 1 aromatic rings. The van der Waals surface area contributed by atoms with E-state index in [1.807, 2.05) is 0 Å². The van der Waals surface area contributed by atoms with E-state index >= 15 is 0 Å². The number of hydrogen-bond acceptors (Lipinski definition) is 1. The van der Waals surface area contributed by atoms with Crippen LogP contribution in [0.2, 0.25) is 5.02 Å². The third-order valence-corrected chi connectivity index (χ3v) is 1.95. The van der Waals surface area contributed by atoms with Gasteiger partial charge in [0.15, 0.2) is 0 Å². The molecule has 0 amide bonds. The van der Waals surface area contributed by atoms with Crippen molar-refractivity contribution >= 4 is 24.2 Å². The molecule has 68 valence electrons. The molecule has 0 nitrogen and oxygen atoms in total. The van der Waals surface area contributed by atoms with Gasteiger partial charge in [0.05, 0.1) is 10.6 Å². The number of thiol groups is 1. The number of hydrogen-bond donors (Lipinski definition) is 1. The van der Waals surface area contributed by atoms with Crippen LogP contribution in [0.1, 0.15) is 12.0 Å². The molecule has 0 bridgehead atoms. The van der Waals surface area contributed by atoms with Crippen molar-refractivity contribution in [3.05, 3.63) is 34.6 Å². The number of halogens is 2. The van der Waals surface area contributed by atoms with Gasteiger partial charge in [-0.15, -0.1) is 0 Å². The molecule has 0 aromatic heterocycles. The summed E-state index contributed by atoms with van der Waals surface area (Å²) in [6.07, 6.45) is 0.633. The molecule has 0 atom stereocenters. The monoisotopic (exact) mass is 214 g/mol. The highest BCUT2D eigenvalue weighted by Crippen LogP contribution is 2.17. The highest BCUT2D eigenvalue weighted by molar-refractivity contribution is 7.80. The normalized spacial score (nSPS) is 9.15. The van der Waals surface area contributed by atoms with Crippen LogP contribution in [0.4, 0.5) is 4.39 Å². The van der Waals surface area contributed by atoms with E-state index in [1.54, 1.807) is 12.1 Å². The van der Waals surface area contributed by atoms with Crippen molar-refractivity contribution in [2.24, 2.45) is 0 Å². The Hall–Kier alpha value is -0.650. The zero-order valence-corrected chi connectivity index (χ0v) is 8.50. The third-order valence-electron chi connectivity index (χ3n) is 1.41. The van der Waals surface area contributed by atoms with Crippen LogP contribution in [0.15, 0.2) is 18.2 Å². The van der Waals surface area contributed by atoms with Crippen molar-refractivity contribution in [1.29, 1.82) is 0 Å². The predicted molar refractivity (Wildman–Crippen MR) is 56.8 cm³/mol. The standard InChI is InChI=1S/C10H8ClFS/c11-9-5-3-6-10(12)8(9)4-1-2-7-13/h3,5-6,13H,2,7H2. The molecule has 0 heterocycles. The maximum Gasteiger partial charge on any atom is 0.140 e. The quantitative estimate of drug-likeness (QED) is 0.539. The summed E-state index contributed by atoms with van der Waals surface area (Å²) in [5.74, 6) is 5.75. The molecule has 0 N–H and O–H groups in total. The molecule has 0 aliphatic carbocycles. The van der Waals surface area contributed by atoms with E-state index < -0.39 is 0 Å². The van der Waals surface area contributed by atoms with Gasteiger partial charge in [0, 0.05) is 12.2 Å². The summed E-state index contributed by atoms with van der Waals surface area (Å²) >= 11 is 9.74. The second-order valence-corrected chi connectivity index (χ2v) is 3.23. The highest BCUT2D eigenvalue weighted by Gasteiger charge is 2.01. The van der Waals surface area contributed by atoms with Crippen molar-refractivity contribution in [2.75, 3.05) is 5.75 Å². The Bertz CT molecular complexity index is 331. The first-order valence-corrected chi connectivity index (χ1v) is 4.80. The second kappa shape index (κ2) is 5.16. The van der Waals surface area contributed by atoms with Crippen LogP contribution in [0, 0.1) is 17.7 Å². The van der Waals surface area contributed by atoms with Crippen LogP contribution >= 0.6 is 24.2 Å². The van der Waals surface area contributed by atoms with Gasteiger partial charge < -0.3 is 0 Å². The summed E-state index contributed by atoms with van der Waals surface area (Å²) in [6, 6.07) is 4.52. The van der Waals surface area contributed by atoms with Gasteiger partial charge >= 0.3 is 0 Å². The molecule has 0 radical (unpaired) electrons. The molecule has 1 rings (SSSR count). The lowest BCUT2D eigenvalue weighted by Crippen LogP contribution is -1.84. The number of rotatable bonds is 1. The van der Waals surface area contributed by atoms with Gasteiger partial charge in [-0.05, 0) is 12.1 Å². The molecule has 0 aliphatic heterocycles. The first-order chi connectivity index (χ1) is 6.25. The van der Waals surface area contributed by atoms with Gasteiger partial charge in [0.2, 0.25) is 0 Å². The van der Waals surface area contributed by atoms with Crippen LogP contribution in [0.3, 0.4) is 0 Å². The third kappa shape index (κ3) is 2.95. The van der Waals surface area contributed by atoms with E-state index in [-0.39, 0.29) is 11.4 Å². The van der Waals surface area contributed by atoms with Crippen molar-refractivity contribution in [1.82, 2.24) is 0 Å². The first kappa shape index (κ1) is 10.4. The fourth-order valence-electron chi connectivity index (χ4n) is 0.824. The van der Waals surface area contributed by atoms with Gasteiger partial charge in [-0.1, -0.05) is 29.5 Å². The molecule has 3 heteroatoms. The lowest BCUT2D eigenvalue weighted by Gasteiger charge is -1.95. The molecule has 0 saturated heterocycles. The minimum atomic E-state index is -0.376. The van der Waals surface area contributed by atoms with E-state index in [1.165, 1.54) is 6.07 Å². The minimum Gasteiger partial charge on any atom is -0.206 e. The average molecular weight is 215 g/mol. The maximum absolute atomic E-state index is 13.1. The van der Waals surface area contributed by atoms with Gasteiger partial charge in [0.1, 0.15) is 5.82 Å². The summed E-state index contributed by atoms with van der Waals surface area (Å²) in [4.78, 5) is 0. The van der Waals surface area contributed by atoms with Gasteiger partial charge in [-0.2, -0.15) is 12.6 Å². The van der Waals surface area contributed by atoms with Crippen molar-refractivity contribution < 1.29 is 4.39 Å². The SMILES string of the molecule is Fc1cccc(Cl)c1C#CCCS. The summed E-state index contributed by atoms with van der Waals surface area (Å²) in [7, 11) is 0. The lowest BCUT2D eigenvalue weighted by atomic mass is 10.2. The van der Waals surface area contributed by atoms with E-state index in [0.29, 0.717) is 17.2 Å². The zero-order chi connectivity index (χ0) is 9.68. The summed E-state index contributed by atoms with van der Waals surface area (Å²) < 4.78 is 13.1. The van der Waals surface area contributed by atoms with Gasteiger partial charge in [-0.3, -0.25) is 0 Å². The van der Waals surface area contributed by atoms with E-state index in [2.05, 4.69) is 24.5 Å². The Morgan fingerprint density at radius 2 is 2.23 bits per heavy atom. The molecule has 0 saturated carbocycles. The van der Waals surface area contributed by atoms with Gasteiger partial charge in [0.25, 0.3) is 0 Å². The fourth-order valence-corrected chi connectivity index (χ4v) is 1.15. The highest BCUT2D eigenvalue weighted by atomic mass is 35.5. The lowest BCUT2D eigenvalue weighted by molar-refractivity contribution is 0.624. The molecule has 0 aliphatic rings. The largest absolute Gasteiger partial charge is 0.206 e. The minimum absolute atomic E-state index is 0.269. The van der Waals surface area contributed by atoms with Crippen LogP contribution in [-0.2, 0) is 0 Å². The second-order valence-electron chi connectivity index (χ2n) is 2.37. The molecular weight excluding hydrogens is 207 g/mol. The van der Waals surface area contributed by atoms with Crippen molar-refractivity contribution in [3.63, 3.8) is 0 Å². The van der Waals surface area contributed by atoms with Crippen LogP contribution < -0.4 is 0 Å². The maximum atomic E-state index is 13.1. The average Bonchev–Trinajstić information content (AvgIpc) is 2.10. The Kier molecular flexibility index (Phi) is 4.14. The van der Waals surface area contributed by atoms with Crippen molar-refractivity contribution in [3.8, 4) is 11.8 Å². The molecule has 1 aromatic carbocycles. The Balaban J connectivity index is 2.95.